The number of fused-ring (bicyclic) bond motifs is 1. The molecule has 0 aromatic heterocycles. The predicted octanol–water partition coefficient (Wildman–Crippen LogP) is 2.71. The van der Waals surface area contributed by atoms with Crippen molar-refractivity contribution in [2.45, 2.75) is 50.7 Å². The Morgan fingerprint density at radius 2 is 2.25 bits per heavy atom. The van der Waals surface area contributed by atoms with E-state index in [0.717, 1.165) is 44.6 Å². The SMILES string of the molecule is CNC(CCc1ccc2c(c1)CCO2)C1(C)CCCO1. The van der Waals surface area contributed by atoms with Crippen molar-refractivity contribution in [3.63, 3.8) is 0 Å². The lowest BCUT2D eigenvalue weighted by Crippen LogP contribution is -2.47. The van der Waals surface area contributed by atoms with E-state index < -0.39 is 0 Å². The number of benzene rings is 1. The van der Waals surface area contributed by atoms with Crippen molar-refractivity contribution in [2.75, 3.05) is 20.3 Å². The van der Waals surface area contributed by atoms with Crippen molar-refractivity contribution in [2.24, 2.45) is 0 Å². The second-order valence-corrected chi connectivity index (χ2v) is 6.19. The van der Waals surface area contributed by atoms with Gasteiger partial charge in [0.1, 0.15) is 5.75 Å². The van der Waals surface area contributed by atoms with Gasteiger partial charge in [-0.15, -0.1) is 0 Å². The Balaban J connectivity index is 1.63. The molecular formula is C17H25NO2. The van der Waals surface area contributed by atoms with Crippen molar-refractivity contribution in [3.05, 3.63) is 29.3 Å². The summed E-state index contributed by atoms with van der Waals surface area (Å²) in [6.07, 6.45) is 5.62. The molecule has 2 unspecified atom stereocenters. The Labute approximate surface area is 121 Å². The zero-order chi connectivity index (χ0) is 14.0. The van der Waals surface area contributed by atoms with Crippen LogP contribution in [-0.2, 0) is 17.6 Å². The Bertz CT molecular complexity index is 466. The van der Waals surface area contributed by atoms with E-state index in [9.17, 15) is 0 Å². The fourth-order valence-electron chi connectivity index (χ4n) is 3.54. The minimum absolute atomic E-state index is 0.00852. The second kappa shape index (κ2) is 5.74. The maximum atomic E-state index is 5.97. The second-order valence-electron chi connectivity index (χ2n) is 6.19. The number of hydrogen-bond donors (Lipinski definition) is 1. The summed E-state index contributed by atoms with van der Waals surface area (Å²) in [5.74, 6) is 1.07. The van der Waals surface area contributed by atoms with Crippen LogP contribution < -0.4 is 10.1 Å². The molecule has 20 heavy (non-hydrogen) atoms. The zero-order valence-electron chi connectivity index (χ0n) is 12.6. The van der Waals surface area contributed by atoms with Crippen LogP contribution in [0.2, 0.25) is 0 Å². The molecular weight excluding hydrogens is 250 g/mol. The number of hydrogen-bond acceptors (Lipinski definition) is 3. The van der Waals surface area contributed by atoms with E-state index in [-0.39, 0.29) is 5.60 Å². The Hall–Kier alpha value is -1.06. The molecule has 0 spiro atoms. The number of likely N-dealkylation sites (N-methyl/N-ethyl adjacent to an activating group) is 1. The molecule has 1 N–H and O–H groups in total. The summed E-state index contributed by atoms with van der Waals surface area (Å²) >= 11 is 0. The lowest BCUT2D eigenvalue weighted by atomic mass is 9.88. The van der Waals surface area contributed by atoms with Gasteiger partial charge in [-0.05, 0) is 56.8 Å². The third-order valence-corrected chi connectivity index (χ3v) is 4.81. The Kier molecular flexibility index (Phi) is 3.99. The molecule has 0 saturated carbocycles. The van der Waals surface area contributed by atoms with Crippen LogP contribution in [-0.4, -0.2) is 31.9 Å². The molecule has 0 amide bonds. The van der Waals surface area contributed by atoms with Gasteiger partial charge in [0.25, 0.3) is 0 Å². The van der Waals surface area contributed by atoms with Crippen LogP contribution in [0.25, 0.3) is 0 Å². The summed E-state index contributed by atoms with van der Waals surface area (Å²) in [6.45, 7) is 3.99. The summed E-state index contributed by atoms with van der Waals surface area (Å²) in [6, 6.07) is 7.07. The summed E-state index contributed by atoms with van der Waals surface area (Å²) in [5, 5.41) is 3.46. The van der Waals surface area contributed by atoms with Gasteiger partial charge in [0.15, 0.2) is 0 Å². The van der Waals surface area contributed by atoms with E-state index in [4.69, 9.17) is 9.47 Å². The van der Waals surface area contributed by atoms with Crippen LogP contribution in [0.5, 0.6) is 5.75 Å². The van der Waals surface area contributed by atoms with Crippen LogP contribution in [0, 0.1) is 0 Å². The number of rotatable bonds is 5. The Morgan fingerprint density at radius 1 is 1.35 bits per heavy atom. The van der Waals surface area contributed by atoms with E-state index in [1.54, 1.807) is 0 Å². The van der Waals surface area contributed by atoms with Gasteiger partial charge >= 0.3 is 0 Å². The van der Waals surface area contributed by atoms with E-state index in [1.165, 1.54) is 17.5 Å². The summed E-state index contributed by atoms with van der Waals surface area (Å²) in [7, 11) is 2.05. The maximum absolute atomic E-state index is 5.97. The highest BCUT2D eigenvalue weighted by Gasteiger charge is 2.37. The third-order valence-electron chi connectivity index (χ3n) is 4.81. The zero-order valence-corrected chi connectivity index (χ0v) is 12.6. The van der Waals surface area contributed by atoms with Crippen molar-refractivity contribution in [1.82, 2.24) is 5.32 Å². The molecule has 0 aliphatic carbocycles. The monoisotopic (exact) mass is 275 g/mol. The van der Waals surface area contributed by atoms with Gasteiger partial charge in [-0.25, -0.2) is 0 Å². The molecule has 1 aromatic carbocycles. The van der Waals surface area contributed by atoms with E-state index >= 15 is 0 Å². The molecule has 1 saturated heterocycles. The summed E-state index contributed by atoms with van der Waals surface area (Å²) in [5.41, 5.74) is 2.79. The topological polar surface area (TPSA) is 30.5 Å². The van der Waals surface area contributed by atoms with Gasteiger partial charge in [0, 0.05) is 19.1 Å². The first kappa shape index (κ1) is 13.9. The van der Waals surface area contributed by atoms with Gasteiger partial charge in [0.05, 0.1) is 12.2 Å². The van der Waals surface area contributed by atoms with Gasteiger partial charge in [0.2, 0.25) is 0 Å². The fraction of sp³-hybridized carbons (Fsp3) is 0.647. The smallest absolute Gasteiger partial charge is 0.122 e. The maximum Gasteiger partial charge on any atom is 0.122 e. The minimum atomic E-state index is 0.00852. The number of ether oxygens (including phenoxy) is 2. The van der Waals surface area contributed by atoms with Crippen LogP contribution >= 0.6 is 0 Å². The third kappa shape index (κ3) is 2.70. The van der Waals surface area contributed by atoms with Gasteiger partial charge < -0.3 is 14.8 Å². The predicted molar refractivity (Wildman–Crippen MR) is 80.4 cm³/mol. The van der Waals surface area contributed by atoms with Crippen LogP contribution in [0.3, 0.4) is 0 Å². The number of nitrogens with one attached hydrogen (secondary N) is 1. The molecule has 3 nitrogen and oxygen atoms in total. The van der Waals surface area contributed by atoms with E-state index in [0.29, 0.717) is 6.04 Å². The van der Waals surface area contributed by atoms with E-state index in [1.807, 2.05) is 7.05 Å². The average Bonchev–Trinajstić information content (AvgIpc) is 3.08. The molecule has 3 heteroatoms. The standard InChI is InChI=1S/C17H25NO2/c1-17(9-3-10-20-17)16(18-2)7-5-13-4-6-15-14(12-13)8-11-19-15/h4,6,12,16,18H,3,5,7-11H2,1-2H3. The van der Waals surface area contributed by atoms with Crippen molar-refractivity contribution >= 4 is 0 Å². The minimum Gasteiger partial charge on any atom is -0.493 e. The molecule has 1 fully saturated rings. The first-order valence-corrected chi connectivity index (χ1v) is 7.77. The van der Waals surface area contributed by atoms with Gasteiger partial charge in [-0.3, -0.25) is 0 Å². The highest BCUT2D eigenvalue weighted by molar-refractivity contribution is 5.39. The van der Waals surface area contributed by atoms with Crippen LogP contribution in [0.4, 0.5) is 0 Å². The normalized spacial score (nSPS) is 26.3. The molecule has 3 rings (SSSR count). The quantitative estimate of drug-likeness (QED) is 0.896. The molecule has 2 aliphatic rings. The molecule has 2 atom stereocenters. The van der Waals surface area contributed by atoms with Gasteiger partial charge in [-0.2, -0.15) is 0 Å². The van der Waals surface area contributed by atoms with Gasteiger partial charge in [-0.1, -0.05) is 12.1 Å². The molecule has 110 valence electrons. The van der Waals surface area contributed by atoms with Crippen LogP contribution in [0.1, 0.15) is 37.3 Å². The largest absolute Gasteiger partial charge is 0.493 e. The first-order chi connectivity index (χ1) is 9.71. The molecule has 1 aromatic rings. The highest BCUT2D eigenvalue weighted by atomic mass is 16.5. The van der Waals surface area contributed by atoms with Crippen molar-refractivity contribution in [1.29, 1.82) is 0 Å². The van der Waals surface area contributed by atoms with Crippen LogP contribution in [0.15, 0.2) is 18.2 Å². The van der Waals surface area contributed by atoms with Crippen molar-refractivity contribution in [3.8, 4) is 5.75 Å². The van der Waals surface area contributed by atoms with E-state index in [2.05, 4.69) is 30.4 Å². The highest BCUT2D eigenvalue weighted by Crippen LogP contribution is 2.31. The van der Waals surface area contributed by atoms with Crippen molar-refractivity contribution < 1.29 is 9.47 Å². The lowest BCUT2D eigenvalue weighted by Gasteiger charge is -2.33. The lowest BCUT2D eigenvalue weighted by molar-refractivity contribution is -0.0117. The molecule has 0 radical (unpaired) electrons. The summed E-state index contributed by atoms with van der Waals surface area (Å²) in [4.78, 5) is 0. The fourth-order valence-corrected chi connectivity index (χ4v) is 3.54. The molecule has 2 heterocycles. The summed E-state index contributed by atoms with van der Waals surface area (Å²) < 4.78 is 11.5. The Morgan fingerprint density at radius 3 is 3.00 bits per heavy atom. The average molecular weight is 275 g/mol. The first-order valence-electron chi connectivity index (χ1n) is 7.77. The molecule has 2 aliphatic heterocycles. The molecule has 0 bridgehead atoms. The number of aryl methyl sites for hydroxylation is 1.